The van der Waals surface area contributed by atoms with Gasteiger partial charge in [0.05, 0.1) is 18.7 Å². The molecule has 19 heavy (non-hydrogen) atoms. The SMILES string of the molecule is COCc1ccc(-c2nc(CCC(=O)O)cs2)cc1. The summed E-state index contributed by atoms with van der Waals surface area (Å²) in [6, 6.07) is 8.04. The average molecular weight is 277 g/mol. The fourth-order valence-electron chi connectivity index (χ4n) is 1.70. The van der Waals surface area contributed by atoms with Crippen LogP contribution in [0.15, 0.2) is 29.6 Å². The first-order valence-electron chi connectivity index (χ1n) is 5.93. The highest BCUT2D eigenvalue weighted by atomic mass is 32.1. The molecule has 0 fully saturated rings. The van der Waals surface area contributed by atoms with Crippen LogP contribution in [0.2, 0.25) is 0 Å². The zero-order valence-electron chi connectivity index (χ0n) is 10.6. The molecule has 2 aromatic rings. The molecule has 0 saturated heterocycles. The van der Waals surface area contributed by atoms with Gasteiger partial charge in [0.25, 0.3) is 0 Å². The Kier molecular flexibility index (Phi) is 4.65. The molecule has 1 aromatic carbocycles. The van der Waals surface area contributed by atoms with E-state index < -0.39 is 5.97 Å². The number of hydrogen-bond acceptors (Lipinski definition) is 4. The Morgan fingerprint density at radius 3 is 2.74 bits per heavy atom. The second-order valence-corrected chi connectivity index (χ2v) is 5.03. The summed E-state index contributed by atoms with van der Waals surface area (Å²) in [5.74, 6) is -0.793. The van der Waals surface area contributed by atoms with Gasteiger partial charge < -0.3 is 9.84 Å². The van der Waals surface area contributed by atoms with Gasteiger partial charge in [0.1, 0.15) is 5.01 Å². The monoisotopic (exact) mass is 277 g/mol. The molecule has 100 valence electrons. The molecule has 1 aromatic heterocycles. The van der Waals surface area contributed by atoms with E-state index in [0.717, 1.165) is 21.8 Å². The summed E-state index contributed by atoms with van der Waals surface area (Å²) >= 11 is 1.54. The first kappa shape index (κ1) is 13.7. The molecule has 4 nitrogen and oxygen atoms in total. The summed E-state index contributed by atoms with van der Waals surface area (Å²) in [5, 5.41) is 11.5. The van der Waals surface area contributed by atoms with Crippen LogP contribution in [0.25, 0.3) is 10.6 Å². The maximum absolute atomic E-state index is 10.5. The van der Waals surface area contributed by atoms with E-state index in [2.05, 4.69) is 4.98 Å². The van der Waals surface area contributed by atoms with Gasteiger partial charge in [-0.1, -0.05) is 24.3 Å². The number of benzene rings is 1. The van der Waals surface area contributed by atoms with E-state index in [9.17, 15) is 4.79 Å². The predicted octanol–water partition coefficient (Wildman–Crippen LogP) is 2.97. The Morgan fingerprint density at radius 2 is 2.11 bits per heavy atom. The number of aryl methyl sites for hydroxylation is 1. The quantitative estimate of drug-likeness (QED) is 0.882. The Labute approximate surface area is 115 Å². The number of carboxylic acid groups (broad SMARTS) is 1. The third-order valence-corrected chi connectivity index (χ3v) is 3.60. The van der Waals surface area contributed by atoms with Crippen molar-refractivity contribution in [1.82, 2.24) is 4.98 Å². The lowest BCUT2D eigenvalue weighted by molar-refractivity contribution is -0.136. The van der Waals surface area contributed by atoms with Crippen molar-refractivity contribution >= 4 is 17.3 Å². The van der Waals surface area contributed by atoms with E-state index >= 15 is 0 Å². The summed E-state index contributed by atoms with van der Waals surface area (Å²) < 4.78 is 5.06. The van der Waals surface area contributed by atoms with Crippen molar-refractivity contribution in [1.29, 1.82) is 0 Å². The number of rotatable bonds is 6. The molecule has 0 saturated carbocycles. The zero-order valence-corrected chi connectivity index (χ0v) is 11.4. The number of methoxy groups -OCH3 is 1. The molecule has 0 bridgehead atoms. The Morgan fingerprint density at radius 1 is 1.37 bits per heavy atom. The summed E-state index contributed by atoms with van der Waals surface area (Å²) in [6.45, 7) is 0.599. The van der Waals surface area contributed by atoms with Crippen molar-refractivity contribution in [2.75, 3.05) is 7.11 Å². The standard InChI is InChI=1S/C14H15NO3S/c1-18-8-10-2-4-11(5-3-10)14-15-12(9-19-14)6-7-13(16)17/h2-5,9H,6-8H2,1H3,(H,16,17). The van der Waals surface area contributed by atoms with Gasteiger partial charge in [0, 0.05) is 24.5 Å². The van der Waals surface area contributed by atoms with E-state index in [-0.39, 0.29) is 6.42 Å². The van der Waals surface area contributed by atoms with E-state index in [4.69, 9.17) is 9.84 Å². The number of thiazole rings is 1. The lowest BCUT2D eigenvalue weighted by atomic mass is 10.1. The largest absolute Gasteiger partial charge is 0.481 e. The average Bonchev–Trinajstić information content (AvgIpc) is 2.86. The van der Waals surface area contributed by atoms with Gasteiger partial charge in [-0.05, 0) is 5.56 Å². The molecule has 0 unspecified atom stereocenters. The molecule has 2 rings (SSSR count). The number of aliphatic carboxylic acids is 1. The van der Waals surface area contributed by atoms with Crippen LogP contribution < -0.4 is 0 Å². The van der Waals surface area contributed by atoms with Gasteiger partial charge >= 0.3 is 5.97 Å². The van der Waals surface area contributed by atoms with Crippen molar-refractivity contribution in [3.8, 4) is 10.6 Å². The van der Waals surface area contributed by atoms with Crippen molar-refractivity contribution in [3.63, 3.8) is 0 Å². The minimum atomic E-state index is -0.793. The molecular weight excluding hydrogens is 262 g/mol. The van der Waals surface area contributed by atoms with Crippen molar-refractivity contribution in [2.24, 2.45) is 0 Å². The molecule has 0 spiro atoms. The van der Waals surface area contributed by atoms with Crippen LogP contribution in [0.3, 0.4) is 0 Å². The van der Waals surface area contributed by atoms with Gasteiger partial charge in [0.2, 0.25) is 0 Å². The maximum atomic E-state index is 10.5. The molecule has 0 atom stereocenters. The fourth-order valence-corrected chi connectivity index (χ4v) is 2.56. The van der Waals surface area contributed by atoms with Crippen molar-refractivity contribution in [3.05, 3.63) is 40.9 Å². The van der Waals surface area contributed by atoms with E-state index in [1.165, 1.54) is 11.3 Å². The van der Waals surface area contributed by atoms with Gasteiger partial charge in [-0.2, -0.15) is 0 Å². The molecule has 5 heteroatoms. The van der Waals surface area contributed by atoms with Crippen LogP contribution in [0.4, 0.5) is 0 Å². The smallest absolute Gasteiger partial charge is 0.303 e. The third-order valence-electron chi connectivity index (χ3n) is 2.66. The molecule has 1 heterocycles. The lowest BCUT2D eigenvalue weighted by Gasteiger charge is -2.00. The fraction of sp³-hybridized carbons (Fsp3) is 0.286. The second-order valence-electron chi connectivity index (χ2n) is 4.17. The van der Waals surface area contributed by atoms with Gasteiger partial charge in [-0.15, -0.1) is 11.3 Å². The summed E-state index contributed by atoms with van der Waals surface area (Å²) in [7, 11) is 1.67. The first-order valence-corrected chi connectivity index (χ1v) is 6.81. The van der Waals surface area contributed by atoms with Gasteiger partial charge in [-0.25, -0.2) is 4.98 Å². The number of carbonyl (C=O) groups is 1. The topological polar surface area (TPSA) is 59.4 Å². The maximum Gasteiger partial charge on any atom is 0.303 e. The van der Waals surface area contributed by atoms with Crippen LogP contribution in [0.5, 0.6) is 0 Å². The molecule has 0 amide bonds. The Bertz CT molecular complexity index is 548. The highest BCUT2D eigenvalue weighted by molar-refractivity contribution is 7.13. The van der Waals surface area contributed by atoms with Crippen molar-refractivity contribution < 1.29 is 14.6 Å². The highest BCUT2D eigenvalue weighted by Crippen LogP contribution is 2.24. The minimum Gasteiger partial charge on any atom is -0.481 e. The summed E-state index contributed by atoms with van der Waals surface area (Å²) in [5.41, 5.74) is 3.00. The van der Waals surface area contributed by atoms with E-state index in [1.807, 2.05) is 29.6 Å². The predicted molar refractivity (Wildman–Crippen MR) is 74.2 cm³/mol. The van der Waals surface area contributed by atoms with Crippen molar-refractivity contribution in [2.45, 2.75) is 19.4 Å². The molecule has 1 N–H and O–H groups in total. The zero-order chi connectivity index (χ0) is 13.7. The van der Waals surface area contributed by atoms with Gasteiger partial charge in [0.15, 0.2) is 0 Å². The second kappa shape index (κ2) is 6.45. The Balaban J connectivity index is 2.07. The summed E-state index contributed by atoms with van der Waals surface area (Å²) in [4.78, 5) is 15.0. The molecule has 0 aliphatic heterocycles. The lowest BCUT2D eigenvalue weighted by Crippen LogP contribution is -1.97. The number of carboxylic acids is 1. The van der Waals surface area contributed by atoms with Crippen LogP contribution in [-0.4, -0.2) is 23.2 Å². The Hall–Kier alpha value is -1.72. The van der Waals surface area contributed by atoms with Crippen LogP contribution in [0, 0.1) is 0 Å². The molecule has 0 radical (unpaired) electrons. The number of aromatic nitrogens is 1. The van der Waals surface area contributed by atoms with Gasteiger partial charge in [-0.3, -0.25) is 4.79 Å². The number of ether oxygens (including phenoxy) is 1. The molecular formula is C14H15NO3S. The summed E-state index contributed by atoms with van der Waals surface area (Å²) in [6.07, 6.45) is 0.601. The third kappa shape index (κ3) is 3.87. The van der Waals surface area contributed by atoms with Crippen LogP contribution in [0.1, 0.15) is 17.7 Å². The molecule has 0 aliphatic carbocycles. The van der Waals surface area contributed by atoms with E-state index in [1.54, 1.807) is 7.11 Å². The highest BCUT2D eigenvalue weighted by Gasteiger charge is 2.06. The number of hydrogen-bond donors (Lipinski definition) is 1. The normalized spacial score (nSPS) is 10.6. The van der Waals surface area contributed by atoms with Crippen LogP contribution >= 0.6 is 11.3 Å². The van der Waals surface area contributed by atoms with Crippen LogP contribution in [-0.2, 0) is 22.6 Å². The molecule has 0 aliphatic rings. The number of nitrogens with zero attached hydrogens (tertiary/aromatic N) is 1. The van der Waals surface area contributed by atoms with E-state index in [0.29, 0.717) is 13.0 Å². The minimum absolute atomic E-state index is 0.121. The first-order chi connectivity index (χ1) is 9.19.